The van der Waals surface area contributed by atoms with E-state index in [2.05, 4.69) is 30.6 Å². The van der Waals surface area contributed by atoms with E-state index in [1.807, 2.05) is 97.1 Å². The Labute approximate surface area is 208 Å². The van der Waals surface area contributed by atoms with E-state index in [0.717, 1.165) is 22.3 Å². The van der Waals surface area contributed by atoms with Crippen LogP contribution in [0, 0.1) is 11.3 Å². The lowest BCUT2D eigenvalue weighted by Crippen LogP contribution is -2.41. The maximum Gasteiger partial charge on any atom is 0.213 e. The summed E-state index contributed by atoms with van der Waals surface area (Å²) in [4.78, 5) is 27.1. The predicted molar refractivity (Wildman–Crippen MR) is 142 cm³/mol. The molecular formula is C33H31O2. The lowest BCUT2D eigenvalue weighted by molar-refractivity contribution is -0.129. The molecule has 0 aliphatic rings. The quantitative estimate of drug-likeness (QED) is 0.223. The summed E-state index contributed by atoms with van der Waals surface area (Å²) in [6.07, 6.45) is 4.93. The highest BCUT2D eigenvalue weighted by atomic mass is 16.1. The first kappa shape index (κ1) is 24.3. The van der Waals surface area contributed by atoms with Gasteiger partial charge in [-0.3, -0.25) is 9.59 Å². The monoisotopic (exact) mass is 459 g/mol. The van der Waals surface area contributed by atoms with Crippen LogP contribution in [0.3, 0.4) is 0 Å². The lowest BCUT2D eigenvalue weighted by Gasteiger charge is -2.31. The van der Waals surface area contributed by atoms with Gasteiger partial charge in [0.2, 0.25) is 6.29 Å². The fourth-order valence-corrected chi connectivity index (χ4v) is 4.83. The molecule has 0 spiro atoms. The fraction of sp³-hybridized carbons (Fsp3) is 0.212. The number of rotatable bonds is 12. The van der Waals surface area contributed by atoms with Gasteiger partial charge in [-0.2, -0.15) is 0 Å². The summed E-state index contributed by atoms with van der Waals surface area (Å²) in [5.41, 5.74) is 3.10. The molecule has 2 nitrogen and oxygen atoms in total. The average Bonchev–Trinajstić information content (AvgIpc) is 2.93. The molecule has 0 N–H and O–H groups in total. The standard InChI is InChI=1S/C33H31O2/c34-26-33(25-30-19-11-4-12-20-30,22-21-27-13-5-1-6-14-27)32(35)31(23-28-15-7-2-8-16-28)24-29-17-9-3-10-18-29/h1-20,31H,21-25H2. The second kappa shape index (κ2) is 12.1. The van der Waals surface area contributed by atoms with Crippen LogP contribution in [0.15, 0.2) is 121 Å². The number of hydrogen-bond acceptors (Lipinski definition) is 2. The molecule has 4 rings (SSSR count). The molecule has 1 radical (unpaired) electrons. The Morgan fingerprint density at radius 3 is 1.43 bits per heavy atom. The van der Waals surface area contributed by atoms with Crippen molar-refractivity contribution in [3.8, 4) is 0 Å². The van der Waals surface area contributed by atoms with Crippen molar-refractivity contribution in [2.24, 2.45) is 11.3 Å². The molecule has 0 aliphatic carbocycles. The van der Waals surface area contributed by atoms with Gasteiger partial charge in [-0.05, 0) is 54.4 Å². The number of carbonyl (C=O) groups is 1. The number of carbonyl (C=O) groups excluding carboxylic acids is 2. The molecule has 0 aromatic heterocycles. The van der Waals surface area contributed by atoms with Gasteiger partial charge in [0.05, 0.1) is 5.41 Å². The summed E-state index contributed by atoms with van der Waals surface area (Å²) >= 11 is 0. The van der Waals surface area contributed by atoms with Crippen LogP contribution in [0.4, 0.5) is 0 Å². The first-order chi connectivity index (χ1) is 17.2. The minimum Gasteiger partial charge on any atom is -0.298 e. The summed E-state index contributed by atoms with van der Waals surface area (Å²) in [6.45, 7) is 0. The molecule has 0 fully saturated rings. The van der Waals surface area contributed by atoms with Gasteiger partial charge >= 0.3 is 0 Å². The SMILES string of the molecule is O=[C]C(CCc1ccccc1)(Cc1ccccc1)C(=O)C(Cc1ccccc1)Cc1ccccc1. The molecule has 0 saturated carbocycles. The molecule has 0 saturated heterocycles. The van der Waals surface area contributed by atoms with Crippen molar-refractivity contribution >= 4 is 12.1 Å². The van der Waals surface area contributed by atoms with Gasteiger partial charge in [0.1, 0.15) is 0 Å². The molecule has 175 valence electrons. The number of aryl methyl sites for hydroxylation is 1. The van der Waals surface area contributed by atoms with Gasteiger partial charge in [-0.25, -0.2) is 0 Å². The van der Waals surface area contributed by atoms with Crippen molar-refractivity contribution in [1.82, 2.24) is 0 Å². The summed E-state index contributed by atoms with van der Waals surface area (Å²) in [5, 5.41) is 0. The first-order valence-corrected chi connectivity index (χ1v) is 12.3. The van der Waals surface area contributed by atoms with Crippen molar-refractivity contribution in [2.45, 2.75) is 32.1 Å². The summed E-state index contributed by atoms with van der Waals surface area (Å²) in [5.74, 6) is -0.333. The largest absolute Gasteiger partial charge is 0.298 e. The highest BCUT2D eigenvalue weighted by Gasteiger charge is 2.42. The van der Waals surface area contributed by atoms with E-state index < -0.39 is 5.41 Å². The molecule has 4 aromatic carbocycles. The number of benzene rings is 4. The Kier molecular flexibility index (Phi) is 8.40. The molecule has 35 heavy (non-hydrogen) atoms. The lowest BCUT2D eigenvalue weighted by atomic mass is 9.69. The van der Waals surface area contributed by atoms with Crippen molar-refractivity contribution in [1.29, 1.82) is 0 Å². The maximum atomic E-state index is 14.4. The summed E-state index contributed by atoms with van der Waals surface area (Å²) < 4.78 is 0. The van der Waals surface area contributed by atoms with Gasteiger partial charge in [0, 0.05) is 5.92 Å². The molecule has 1 unspecified atom stereocenters. The van der Waals surface area contributed by atoms with Crippen LogP contribution in [-0.2, 0) is 35.3 Å². The number of hydrogen-bond donors (Lipinski definition) is 0. The molecule has 0 heterocycles. The zero-order valence-corrected chi connectivity index (χ0v) is 20.0. The van der Waals surface area contributed by atoms with Crippen LogP contribution in [0.2, 0.25) is 0 Å². The Bertz CT molecular complexity index is 1150. The van der Waals surface area contributed by atoms with Gasteiger partial charge < -0.3 is 0 Å². The second-order valence-corrected chi connectivity index (χ2v) is 9.27. The smallest absolute Gasteiger partial charge is 0.213 e. The van der Waals surface area contributed by atoms with Crippen LogP contribution < -0.4 is 0 Å². The van der Waals surface area contributed by atoms with Gasteiger partial charge in [-0.15, -0.1) is 0 Å². The Morgan fingerprint density at radius 2 is 1.00 bits per heavy atom. The Hall–Kier alpha value is -3.78. The van der Waals surface area contributed by atoms with Crippen molar-refractivity contribution in [3.63, 3.8) is 0 Å². The van der Waals surface area contributed by atoms with Crippen molar-refractivity contribution in [3.05, 3.63) is 144 Å². The van der Waals surface area contributed by atoms with Gasteiger partial charge in [0.25, 0.3) is 0 Å². The Balaban J connectivity index is 1.68. The van der Waals surface area contributed by atoms with E-state index in [9.17, 15) is 9.59 Å². The molecule has 0 bridgehead atoms. The van der Waals surface area contributed by atoms with E-state index in [0.29, 0.717) is 32.1 Å². The van der Waals surface area contributed by atoms with E-state index in [1.165, 1.54) is 0 Å². The fourth-order valence-electron chi connectivity index (χ4n) is 4.83. The molecule has 0 aliphatic heterocycles. The van der Waals surface area contributed by atoms with Crippen LogP contribution in [0.1, 0.15) is 28.7 Å². The topological polar surface area (TPSA) is 34.1 Å². The van der Waals surface area contributed by atoms with E-state index in [4.69, 9.17) is 0 Å². The average molecular weight is 460 g/mol. The molecule has 0 amide bonds. The van der Waals surface area contributed by atoms with Crippen LogP contribution in [0.5, 0.6) is 0 Å². The van der Waals surface area contributed by atoms with Crippen molar-refractivity contribution in [2.75, 3.05) is 0 Å². The highest BCUT2D eigenvalue weighted by Crippen LogP contribution is 2.34. The van der Waals surface area contributed by atoms with E-state index in [-0.39, 0.29) is 11.7 Å². The number of Topliss-reactive ketones (excluding diaryl/α,β-unsaturated/α-hetero) is 1. The van der Waals surface area contributed by atoms with Crippen LogP contribution in [0.25, 0.3) is 0 Å². The third-order valence-electron chi connectivity index (χ3n) is 6.72. The third kappa shape index (κ3) is 6.64. The van der Waals surface area contributed by atoms with Gasteiger partial charge in [-0.1, -0.05) is 121 Å². The van der Waals surface area contributed by atoms with E-state index in [1.54, 1.807) is 0 Å². The first-order valence-electron chi connectivity index (χ1n) is 12.3. The molecule has 4 aromatic rings. The Morgan fingerprint density at radius 1 is 0.600 bits per heavy atom. The third-order valence-corrected chi connectivity index (χ3v) is 6.72. The second-order valence-electron chi connectivity index (χ2n) is 9.27. The minimum atomic E-state index is -1.20. The molecular weight excluding hydrogens is 428 g/mol. The van der Waals surface area contributed by atoms with Crippen molar-refractivity contribution < 1.29 is 9.59 Å². The van der Waals surface area contributed by atoms with E-state index >= 15 is 0 Å². The van der Waals surface area contributed by atoms with Crippen LogP contribution in [-0.4, -0.2) is 12.1 Å². The zero-order valence-electron chi connectivity index (χ0n) is 20.0. The summed E-state index contributed by atoms with van der Waals surface area (Å²) in [7, 11) is 0. The zero-order chi connectivity index (χ0) is 24.3. The number of ketones is 1. The maximum absolute atomic E-state index is 14.4. The molecule has 2 heteroatoms. The minimum absolute atomic E-state index is 0.0139. The highest BCUT2D eigenvalue weighted by molar-refractivity contribution is 6.00. The normalized spacial score (nSPS) is 12.7. The van der Waals surface area contributed by atoms with Gasteiger partial charge in [0.15, 0.2) is 5.78 Å². The van der Waals surface area contributed by atoms with Crippen LogP contribution >= 0.6 is 0 Å². The predicted octanol–water partition coefficient (Wildman–Crippen LogP) is 6.63. The molecule has 1 atom stereocenters. The summed E-state index contributed by atoms with van der Waals surface area (Å²) in [6, 6.07) is 40.1.